The van der Waals surface area contributed by atoms with Crippen LogP contribution in [0.4, 0.5) is 5.13 Å². The Kier molecular flexibility index (Phi) is 5.21. The molecule has 1 atom stereocenters. The van der Waals surface area contributed by atoms with Crippen LogP contribution >= 0.6 is 11.3 Å². The lowest BCUT2D eigenvalue weighted by atomic mass is 9.86. The van der Waals surface area contributed by atoms with Gasteiger partial charge in [-0.1, -0.05) is 45.0 Å². The van der Waals surface area contributed by atoms with Gasteiger partial charge in [0.25, 0.3) is 0 Å². The summed E-state index contributed by atoms with van der Waals surface area (Å²) < 4.78 is 23.0. The lowest BCUT2D eigenvalue weighted by Gasteiger charge is -2.18. The Hall–Kier alpha value is -1.73. The number of amides is 1. The number of aromatic nitrogens is 1. The van der Waals surface area contributed by atoms with E-state index in [2.05, 4.69) is 43.2 Å². The second-order valence-corrected chi connectivity index (χ2v) is 11.0. The predicted molar refractivity (Wildman–Crippen MR) is 106 cm³/mol. The van der Waals surface area contributed by atoms with Crippen molar-refractivity contribution in [1.29, 1.82) is 0 Å². The summed E-state index contributed by atoms with van der Waals surface area (Å²) in [6, 6.07) is 8.30. The molecule has 1 fully saturated rings. The summed E-state index contributed by atoms with van der Waals surface area (Å²) in [5.74, 6) is 0.0565. The van der Waals surface area contributed by atoms with Crippen molar-refractivity contribution in [3.8, 4) is 11.3 Å². The van der Waals surface area contributed by atoms with Crippen LogP contribution in [-0.2, 0) is 20.0 Å². The molecule has 3 rings (SSSR count). The number of benzene rings is 1. The van der Waals surface area contributed by atoms with Crippen molar-refractivity contribution in [1.82, 2.24) is 4.98 Å². The highest BCUT2D eigenvalue weighted by Crippen LogP contribution is 2.29. The van der Waals surface area contributed by atoms with Crippen molar-refractivity contribution >= 4 is 32.2 Å². The van der Waals surface area contributed by atoms with E-state index in [9.17, 15) is 13.2 Å². The smallest absolute Gasteiger partial charge is 0.226 e. The molecule has 1 aromatic heterocycles. The summed E-state index contributed by atoms with van der Waals surface area (Å²) >= 11 is 1.38. The summed E-state index contributed by atoms with van der Waals surface area (Å²) in [5, 5.41) is 5.26. The normalized spacial score (nSPS) is 19.4. The third-order valence-corrected chi connectivity index (χ3v) is 7.19. The van der Waals surface area contributed by atoms with E-state index < -0.39 is 9.84 Å². The zero-order valence-corrected chi connectivity index (χ0v) is 16.9. The SMILES string of the molecule is CC(C)(C)c1ccc(-c2csc(NC(=O)CC3CCS(=O)(=O)C3)n2)cc1. The summed E-state index contributed by atoms with van der Waals surface area (Å²) in [4.78, 5) is 16.6. The van der Waals surface area contributed by atoms with Crippen LogP contribution in [0.25, 0.3) is 11.3 Å². The molecule has 1 saturated heterocycles. The fraction of sp³-hybridized carbons (Fsp3) is 0.474. The number of anilines is 1. The molecule has 2 heterocycles. The predicted octanol–water partition coefficient (Wildman–Crippen LogP) is 3.87. The molecule has 5 nitrogen and oxygen atoms in total. The molecule has 1 unspecified atom stereocenters. The Labute approximate surface area is 158 Å². The van der Waals surface area contributed by atoms with Crippen molar-refractivity contribution < 1.29 is 13.2 Å². The number of carbonyl (C=O) groups is 1. The molecule has 0 spiro atoms. The van der Waals surface area contributed by atoms with E-state index in [1.807, 2.05) is 17.5 Å². The Morgan fingerprint density at radius 1 is 1.27 bits per heavy atom. The van der Waals surface area contributed by atoms with Gasteiger partial charge in [0.2, 0.25) is 5.91 Å². The van der Waals surface area contributed by atoms with Gasteiger partial charge in [0.05, 0.1) is 17.2 Å². The van der Waals surface area contributed by atoms with E-state index in [0.29, 0.717) is 11.6 Å². The van der Waals surface area contributed by atoms with Gasteiger partial charge in [-0.15, -0.1) is 11.3 Å². The highest BCUT2D eigenvalue weighted by atomic mass is 32.2. The second kappa shape index (κ2) is 7.12. The first kappa shape index (κ1) is 19.0. The third kappa shape index (κ3) is 4.71. The Morgan fingerprint density at radius 3 is 2.54 bits per heavy atom. The molecule has 1 N–H and O–H groups in total. The lowest BCUT2D eigenvalue weighted by Crippen LogP contribution is -2.17. The molecule has 26 heavy (non-hydrogen) atoms. The molecule has 1 aliphatic heterocycles. The number of hydrogen-bond acceptors (Lipinski definition) is 5. The van der Waals surface area contributed by atoms with Crippen LogP contribution in [0.2, 0.25) is 0 Å². The maximum atomic E-state index is 12.1. The van der Waals surface area contributed by atoms with Gasteiger partial charge >= 0.3 is 0 Å². The molecule has 140 valence electrons. The third-order valence-electron chi connectivity index (χ3n) is 4.60. The van der Waals surface area contributed by atoms with Crippen LogP contribution in [-0.4, -0.2) is 30.8 Å². The van der Waals surface area contributed by atoms with E-state index >= 15 is 0 Å². The van der Waals surface area contributed by atoms with Crippen LogP contribution in [0.3, 0.4) is 0 Å². The van der Waals surface area contributed by atoms with Crippen LogP contribution in [0.1, 0.15) is 39.2 Å². The van der Waals surface area contributed by atoms with Crippen molar-refractivity contribution in [3.63, 3.8) is 0 Å². The first-order valence-electron chi connectivity index (χ1n) is 8.69. The zero-order valence-electron chi connectivity index (χ0n) is 15.3. The maximum absolute atomic E-state index is 12.1. The fourth-order valence-corrected chi connectivity index (χ4v) is 5.67. The number of hydrogen-bond donors (Lipinski definition) is 1. The highest BCUT2D eigenvalue weighted by Gasteiger charge is 2.29. The van der Waals surface area contributed by atoms with Gasteiger partial charge in [0.1, 0.15) is 0 Å². The maximum Gasteiger partial charge on any atom is 0.226 e. The van der Waals surface area contributed by atoms with Gasteiger partial charge in [-0.05, 0) is 23.3 Å². The molecule has 1 aromatic carbocycles. The first-order chi connectivity index (χ1) is 12.1. The quantitative estimate of drug-likeness (QED) is 0.857. The molecule has 1 aliphatic rings. The average molecular weight is 393 g/mol. The largest absolute Gasteiger partial charge is 0.302 e. The standard InChI is InChI=1S/C19H24N2O3S2/c1-19(2,3)15-6-4-14(5-7-15)16-11-25-18(20-16)21-17(22)10-13-8-9-26(23,24)12-13/h4-7,11,13H,8-10,12H2,1-3H3,(H,20,21,22). The van der Waals surface area contributed by atoms with Crippen molar-refractivity contribution in [2.45, 2.75) is 39.0 Å². The zero-order chi connectivity index (χ0) is 18.9. The number of thiazole rings is 1. The summed E-state index contributed by atoms with van der Waals surface area (Å²) in [6.45, 7) is 6.52. The Bertz CT molecular complexity index is 894. The van der Waals surface area contributed by atoms with Crippen molar-refractivity contribution in [3.05, 3.63) is 35.2 Å². The first-order valence-corrected chi connectivity index (χ1v) is 11.4. The molecule has 0 aliphatic carbocycles. The number of sulfone groups is 1. The Morgan fingerprint density at radius 2 is 1.96 bits per heavy atom. The topological polar surface area (TPSA) is 76.1 Å². The van der Waals surface area contributed by atoms with Crippen LogP contribution in [0.15, 0.2) is 29.6 Å². The molecular weight excluding hydrogens is 368 g/mol. The van der Waals surface area contributed by atoms with Gasteiger partial charge in [-0.3, -0.25) is 4.79 Å². The molecule has 0 radical (unpaired) electrons. The number of rotatable bonds is 4. The van der Waals surface area contributed by atoms with Gasteiger partial charge in [0.15, 0.2) is 15.0 Å². The summed E-state index contributed by atoms with van der Waals surface area (Å²) in [6.07, 6.45) is 0.799. The van der Waals surface area contributed by atoms with E-state index in [1.54, 1.807) is 0 Å². The van der Waals surface area contributed by atoms with Gasteiger partial charge < -0.3 is 5.32 Å². The highest BCUT2D eigenvalue weighted by molar-refractivity contribution is 7.91. The lowest BCUT2D eigenvalue weighted by molar-refractivity contribution is -0.116. The minimum Gasteiger partial charge on any atom is -0.302 e. The monoisotopic (exact) mass is 392 g/mol. The van der Waals surface area contributed by atoms with E-state index in [0.717, 1.165) is 11.3 Å². The molecule has 0 saturated carbocycles. The average Bonchev–Trinajstić information content (AvgIpc) is 3.13. The molecule has 2 aromatic rings. The minimum absolute atomic E-state index is 0.0793. The van der Waals surface area contributed by atoms with E-state index in [-0.39, 0.29) is 35.2 Å². The summed E-state index contributed by atoms with van der Waals surface area (Å²) in [7, 11) is -2.95. The van der Waals surface area contributed by atoms with E-state index in [1.165, 1.54) is 16.9 Å². The van der Waals surface area contributed by atoms with Crippen molar-refractivity contribution in [2.24, 2.45) is 5.92 Å². The van der Waals surface area contributed by atoms with Gasteiger partial charge in [-0.25, -0.2) is 13.4 Å². The molecule has 0 bridgehead atoms. The number of carbonyl (C=O) groups excluding carboxylic acids is 1. The molecule has 1 amide bonds. The van der Waals surface area contributed by atoms with E-state index in [4.69, 9.17) is 0 Å². The van der Waals surface area contributed by atoms with Crippen LogP contribution < -0.4 is 5.32 Å². The van der Waals surface area contributed by atoms with Gasteiger partial charge in [-0.2, -0.15) is 0 Å². The molecule has 7 heteroatoms. The summed E-state index contributed by atoms with van der Waals surface area (Å²) in [5.41, 5.74) is 3.20. The van der Waals surface area contributed by atoms with Crippen molar-refractivity contribution in [2.75, 3.05) is 16.8 Å². The Balaban J connectivity index is 1.62. The van der Waals surface area contributed by atoms with Gasteiger partial charge in [0, 0.05) is 17.4 Å². The fourth-order valence-electron chi connectivity index (χ4n) is 3.07. The second-order valence-electron chi connectivity index (χ2n) is 7.89. The van der Waals surface area contributed by atoms with Crippen LogP contribution in [0.5, 0.6) is 0 Å². The number of nitrogens with one attached hydrogen (secondary N) is 1. The number of nitrogens with zero attached hydrogens (tertiary/aromatic N) is 1. The molecular formula is C19H24N2O3S2. The minimum atomic E-state index is -2.95. The van der Waals surface area contributed by atoms with Crippen LogP contribution in [0, 0.1) is 5.92 Å².